The SMILES string of the molecule is CCOC(CCN(C)C)OC. The molecule has 0 saturated heterocycles. The Bertz CT molecular complexity index is 86.2. The van der Waals surface area contributed by atoms with Crippen LogP contribution in [-0.2, 0) is 9.47 Å². The van der Waals surface area contributed by atoms with Gasteiger partial charge in [-0.05, 0) is 21.0 Å². The van der Waals surface area contributed by atoms with Gasteiger partial charge in [-0.2, -0.15) is 0 Å². The maximum atomic E-state index is 5.29. The summed E-state index contributed by atoms with van der Waals surface area (Å²) in [7, 11) is 5.76. The molecule has 0 aliphatic carbocycles. The molecule has 0 rings (SSSR count). The molecule has 3 nitrogen and oxygen atoms in total. The van der Waals surface area contributed by atoms with Crippen molar-refractivity contribution in [3.8, 4) is 0 Å². The molecule has 0 saturated carbocycles. The molecular weight excluding hydrogens is 142 g/mol. The molecule has 0 aromatic heterocycles. The molecule has 0 N–H and O–H groups in total. The average molecular weight is 161 g/mol. The van der Waals surface area contributed by atoms with E-state index in [0.29, 0.717) is 6.61 Å². The highest BCUT2D eigenvalue weighted by Crippen LogP contribution is 1.99. The first kappa shape index (κ1) is 10.9. The van der Waals surface area contributed by atoms with Gasteiger partial charge in [0.25, 0.3) is 0 Å². The van der Waals surface area contributed by atoms with Gasteiger partial charge in [0.1, 0.15) is 0 Å². The Morgan fingerprint density at radius 3 is 2.36 bits per heavy atom. The lowest BCUT2D eigenvalue weighted by molar-refractivity contribution is -0.125. The minimum absolute atomic E-state index is 0.0394. The first-order valence-corrected chi connectivity index (χ1v) is 3.99. The van der Waals surface area contributed by atoms with E-state index in [2.05, 4.69) is 4.90 Å². The van der Waals surface area contributed by atoms with Crippen molar-refractivity contribution in [2.75, 3.05) is 34.4 Å². The van der Waals surface area contributed by atoms with E-state index in [1.807, 2.05) is 21.0 Å². The first-order valence-electron chi connectivity index (χ1n) is 3.99. The van der Waals surface area contributed by atoms with E-state index in [0.717, 1.165) is 13.0 Å². The fourth-order valence-corrected chi connectivity index (χ4v) is 0.819. The van der Waals surface area contributed by atoms with Crippen LogP contribution in [0.15, 0.2) is 0 Å². The van der Waals surface area contributed by atoms with Crippen LogP contribution < -0.4 is 0 Å². The molecule has 0 bridgehead atoms. The topological polar surface area (TPSA) is 21.7 Å². The Labute approximate surface area is 69.3 Å². The summed E-state index contributed by atoms with van der Waals surface area (Å²) in [4.78, 5) is 2.12. The Hall–Kier alpha value is -0.120. The van der Waals surface area contributed by atoms with Crippen LogP contribution >= 0.6 is 0 Å². The third kappa shape index (κ3) is 6.28. The number of rotatable bonds is 6. The lowest BCUT2D eigenvalue weighted by atomic mass is 10.4. The van der Waals surface area contributed by atoms with E-state index in [-0.39, 0.29) is 6.29 Å². The molecule has 0 radical (unpaired) electrons. The number of nitrogens with zero attached hydrogens (tertiary/aromatic N) is 1. The van der Waals surface area contributed by atoms with Crippen molar-refractivity contribution < 1.29 is 9.47 Å². The van der Waals surface area contributed by atoms with Crippen molar-refractivity contribution in [3.63, 3.8) is 0 Å². The molecular formula is C8H19NO2. The highest BCUT2D eigenvalue weighted by atomic mass is 16.7. The Kier molecular flexibility index (Phi) is 6.51. The van der Waals surface area contributed by atoms with Gasteiger partial charge in [0, 0.05) is 26.7 Å². The molecule has 0 aromatic rings. The van der Waals surface area contributed by atoms with E-state index in [1.165, 1.54) is 0 Å². The second-order valence-electron chi connectivity index (χ2n) is 2.71. The molecule has 0 heterocycles. The van der Waals surface area contributed by atoms with Crippen LogP contribution in [0.1, 0.15) is 13.3 Å². The second-order valence-corrected chi connectivity index (χ2v) is 2.71. The molecule has 0 aromatic carbocycles. The molecule has 0 amide bonds. The highest BCUT2D eigenvalue weighted by Gasteiger charge is 2.05. The molecule has 0 aliphatic rings. The van der Waals surface area contributed by atoms with Gasteiger partial charge < -0.3 is 14.4 Å². The lowest BCUT2D eigenvalue weighted by Gasteiger charge is -2.17. The van der Waals surface area contributed by atoms with Gasteiger partial charge in [0.2, 0.25) is 0 Å². The van der Waals surface area contributed by atoms with E-state index in [4.69, 9.17) is 9.47 Å². The summed E-state index contributed by atoms with van der Waals surface area (Å²) in [6, 6.07) is 0. The zero-order valence-electron chi connectivity index (χ0n) is 7.96. The zero-order chi connectivity index (χ0) is 8.69. The Balaban J connectivity index is 3.35. The van der Waals surface area contributed by atoms with Gasteiger partial charge in [-0.15, -0.1) is 0 Å². The fourth-order valence-electron chi connectivity index (χ4n) is 0.819. The zero-order valence-corrected chi connectivity index (χ0v) is 7.96. The molecule has 11 heavy (non-hydrogen) atoms. The smallest absolute Gasteiger partial charge is 0.158 e. The van der Waals surface area contributed by atoms with E-state index in [1.54, 1.807) is 7.11 Å². The van der Waals surface area contributed by atoms with Crippen LogP contribution in [-0.4, -0.2) is 45.5 Å². The molecule has 68 valence electrons. The van der Waals surface area contributed by atoms with Gasteiger partial charge in [-0.3, -0.25) is 0 Å². The van der Waals surface area contributed by atoms with Crippen molar-refractivity contribution in [1.29, 1.82) is 0 Å². The van der Waals surface area contributed by atoms with E-state index >= 15 is 0 Å². The van der Waals surface area contributed by atoms with Crippen LogP contribution in [0.25, 0.3) is 0 Å². The molecule has 1 unspecified atom stereocenters. The standard InChI is InChI=1S/C8H19NO2/c1-5-11-8(10-4)6-7-9(2)3/h8H,5-7H2,1-4H3. The maximum absolute atomic E-state index is 5.29. The van der Waals surface area contributed by atoms with Crippen LogP contribution in [0.3, 0.4) is 0 Å². The highest BCUT2D eigenvalue weighted by molar-refractivity contribution is 4.48. The third-order valence-corrected chi connectivity index (χ3v) is 1.43. The second kappa shape index (κ2) is 6.58. The minimum Gasteiger partial charge on any atom is -0.356 e. The van der Waals surface area contributed by atoms with Crippen molar-refractivity contribution in [1.82, 2.24) is 4.90 Å². The molecule has 3 heteroatoms. The fraction of sp³-hybridized carbons (Fsp3) is 1.00. The Morgan fingerprint density at radius 1 is 1.36 bits per heavy atom. The number of hydrogen-bond acceptors (Lipinski definition) is 3. The van der Waals surface area contributed by atoms with Crippen LogP contribution in [0.2, 0.25) is 0 Å². The number of ether oxygens (including phenoxy) is 2. The molecule has 0 spiro atoms. The van der Waals surface area contributed by atoms with Gasteiger partial charge >= 0.3 is 0 Å². The summed E-state index contributed by atoms with van der Waals surface area (Å²) in [6.07, 6.45) is 0.888. The van der Waals surface area contributed by atoms with E-state index < -0.39 is 0 Å². The predicted octanol–water partition coefficient (Wildman–Crippen LogP) is 0.947. The van der Waals surface area contributed by atoms with Crippen LogP contribution in [0, 0.1) is 0 Å². The Morgan fingerprint density at radius 2 is 2.00 bits per heavy atom. The van der Waals surface area contributed by atoms with Crippen molar-refractivity contribution in [2.45, 2.75) is 19.6 Å². The summed E-state index contributed by atoms with van der Waals surface area (Å²) in [5, 5.41) is 0. The monoisotopic (exact) mass is 161 g/mol. The summed E-state index contributed by atoms with van der Waals surface area (Å²) >= 11 is 0. The maximum Gasteiger partial charge on any atom is 0.158 e. The molecule has 1 atom stereocenters. The third-order valence-electron chi connectivity index (χ3n) is 1.43. The van der Waals surface area contributed by atoms with Crippen LogP contribution in [0.4, 0.5) is 0 Å². The van der Waals surface area contributed by atoms with Gasteiger partial charge in [0.05, 0.1) is 0 Å². The van der Waals surface area contributed by atoms with Gasteiger partial charge in [-0.1, -0.05) is 0 Å². The number of methoxy groups -OCH3 is 1. The van der Waals surface area contributed by atoms with Crippen molar-refractivity contribution >= 4 is 0 Å². The van der Waals surface area contributed by atoms with E-state index in [9.17, 15) is 0 Å². The average Bonchev–Trinajstić information content (AvgIpc) is 1.97. The quantitative estimate of drug-likeness (QED) is 0.541. The first-order chi connectivity index (χ1) is 5.20. The summed E-state index contributed by atoms with van der Waals surface area (Å²) < 4.78 is 10.4. The molecule has 0 aliphatic heterocycles. The van der Waals surface area contributed by atoms with Gasteiger partial charge in [-0.25, -0.2) is 0 Å². The summed E-state index contributed by atoms with van der Waals surface area (Å²) in [6.45, 7) is 3.69. The van der Waals surface area contributed by atoms with Crippen LogP contribution in [0.5, 0.6) is 0 Å². The largest absolute Gasteiger partial charge is 0.356 e. The predicted molar refractivity (Wildman–Crippen MR) is 45.6 cm³/mol. The normalized spacial score (nSPS) is 13.9. The van der Waals surface area contributed by atoms with Crippen molar-refractivity contribution in [3.05, 3.63) is 0 Å². The molecule has 0 fully saturated rings. The lowest BCUT2D eigenvalue weighted by Crippen LogP contribution is -2.23. The number of hydrogen-bond donors (Lipinski definition) is 0. The summed E-state index contributed by atoms with van der Waals surface area (Å²) in [5.41, 5.74) is 0. The minimum atomic E-state index is -0.0394. The van der Waals surface area contributed by atoms with Gasteiger partial charge in [0.15, 0.2) is 6.29 Å². The van der Waals surface area contributed by atoms with Crippen molar-refractivity contribution in [2.24, 2.45) is 0 Å². The summed E-state index contributed by atoms with van der Waals surface area (Å²) in [5.74, 6) is 0.